The molecule has 0 radical (unpaired) electrons. The normalized spacial score (nSPS) is 23.3. The van der Waals surface area contributed by atoms with E-state index < -0.39 is 0 Å². The standard InChI is InChI=1S/C15H21NO/c1-10-9-14-12(5-4-8-17-14)11(2)15(10)13-6-3-7-16-13/h9,13,16H,3-8H2,1-2H3/t13-/m1/s1. The van der Waals surface area contributed by atoms with Crippen molar-refractivity contribution in [3.63, 3.8) is 0 Å². The minimum atomic E-state index is 0.572. The van der Waals surface area contributed by atoms with Crippen molar-refractivity contribution < 1.29 is 4.74 Å². The smallest absolute Gasteiger partial charge is 0.123 e. The van der Waals surface area contributed by atoms with E-state index in [1.165, 1.54) is 41.5 Å². The molecule has 92 valence electrons. The quantitative estimate of drug-likeness (QED) is 0.802. The molecule has 0 aromatic heterocycles. The summed E-state index contributed by atoms with van der Waals surface area (Å²) in [5.41, 5.74) is 5.85. The molecule has 0 aliphatic carbocycles. The Bertz CT molecular complexity index is 433. The van der Waals surface area contributed by atoms with Gasteiger partial charge >= 0.3 is 0 Å². The lowest BCUT2D eigenvalue weighted by Gasteiger charge is -2.25. The fourth-order valence-corrected chi connectivity index (χ4v) is 3.34. The van der Waals surface area contributed by atoms with Crippen molar-refractivity contribution in [2.75, 3.05) is 13.2 Å². The Balaban J connectivity index is 2.08. The summed E-state index contributed by atoms with van der Waals surface area (Å²) in [5, 5.41) is 3.62. The number of hydrogen-bond acceptors (Lipinski definition) is 2. The number of fused-ring (bicyclic) bond motifs is 1. The minimum absolute atomic E-state index is 0.572. The number of ether oxygens (including phenoxy) is 1. The van der Waals surface area contributed by atoms with Gasteiger partial charge < -0.3 is 10.1 Å². The van der Waals surface area contributed by atoms with Crippen LogP contribution in [0.25, 0.3) is 0 Å². The first-order chi connectivity index (χ1) is 8.27. The predicted octanol–water partition coefficient (Wildman–Crippen LogP) is 3.05. The summed E-state index contributed by atoms with van der Waals surface area (Å²) in [6, 6.07) is 2.82. The number of benzene rings is 1. The summed E-state index contributed by atoms with van der Waals surface area (Å²) in [5.74, 6) is 1.13. The molecule has 2 aliphatic rings. The highest BCUT2D eigenvalue weighted by molar-refractivity contribution is 5.51. The third-order valence-electron chi connectivity index (χ3n) is 4.16. The van der Waals surface area contributed by atoms with Crippen LogP contribution in [0, 0.1) is 13.8 Å². The average molecular weight is 231 g/mol. The Morgan fingerprint density at radius 2 is 2.18 bits per heavy atom. The Labute approximate surface area is 103 Å². The number of hydrogen-bond donors (Lipinski definition) is 1. The van der Waals surface area contributed by atoms with Crippen molar-refractivity contribution in [2.45, 2.75) is 45.6 Å². The number of rotatable bonds is 1. The van der Waals surface area contributed by atoms with E-state index in [2.05, 4.69) is 25.2 Å². The van der Waals surface area contributed by atoms with Gasteiger partial charge in [0.25, 0.3) is 0 Å². The van der Waals surface area contributed by atoms with Gasteiger partial charge in [0.05, 0.1) is 6.61 Å². The Kier molecular flexibility index (Phi) is 2.83. The SMILES string of the molecule is Cc1cc2c(c(C)c1[C@H]1CCCN1)CCCO2. The zero-order valence-corrected chi connectivity index (χ0v) is 10.8. The van der Waals surface area contributed by atoms with Gasteiger partial charge in [-0.05, 0) is 74.4 Å². The molecule has 0 unspecified atom stereocenters. The minimum Gasteiger partial charge on any atom is -0.493 e. The third kappa shape index (κ3) is 1.85. The first kappa shape index (κ1) is 11.1. The molecule has 1 aromatic carbocycles. The Morgan fingerprint density at radius 1 is 1.29 bits per heavy atom. The second kappa shape index (κ2) is 4.34. The van der Waals surface area contributed by atoms with Gasteiger partial charge in [0.1, 0.15) is 5.75 Å². The van der Waals surface area contributed by atoms with Crippen LogP contribution in [0.1, 0.15) is 47.6 Å². The van der Waals surface area contributed by atoms with Gasteiger partial charge in [-0.15, -0.1) is 0 Å². The lowest BCUT2D eigenvalue weighted by Crippen LogP contribution is -2.18. The van der Waals surface area contributed by atoms with Crippen molar-refractivity contribution in [1.29, 1.82) is 0 Å². The van der Waals surface area contributed by atoms with Crippen LogP contribution in [0.4, 0.5) is 0 Å². The average Bonchev–Trinajstić information content (AvgIpc) is 2.83. The molecule has 2 heteroatoms. The highest BCUT2D eigenvalue weighted by Gasteiger charge is 2.24. The molecule has 0 saturated carbocycles. The van der Waals surface area contributed by atoms with Gasteiger partial charge in [0.2, 0.25) is 0 Å². The van der Waals surface area contributed by atoms with E-state index in [9.17, 15) is 0 Å². The highest BCUT2D eigenvalue weighted by Crippen LogP contribution is 2.37. The van der Waals surface area contributed by atoms with E-state index in [-0.39, 0.29) is 0 Å². The van der Waals surface area contributed by atoms with E-state index in [4.69, 9.17) is 4.74 Å². The largest absolute Gasteiger partial charge is 0.493 e. The summed E-state index contributed by atoms with van der Waals surface area (Å²) in [6.45, 7) is 6.54. The van der Waals surface area contributed by atoms with Crippen LogP contribution in [-0.2, 0) is 6.42 Å². The van der Waals surface area contributed by atoms with Crippen LogP contribution in [0.3, 0.4) is 0 Å². The van der Waals surface area contributed by atoms with Gasteiger partial charge in [-0.2, -0.15) is 0 Å². The van der Waals surface area contributed by atoms with E-state index in [1.807, 2.05) is 0 Å². The third-order valence-corrected chi connectivity index (χ3v) is 4.16. The van der Waals surface area contributed by atoms with Crippen molar-refractivity contribution in [3.05, 3.63) is 28.3 Å². The summed E-state index contributed by atoms with van der Waals surface area (Å²) in [6.07, 6.45) is 4.92. The molecule has 17 heavy (non-hydrogen) atoms. The molecule has 0 bridgehead atoms. The molecule has 1 fully saturated rings. The second-order valence-corrected chi connectivity index (χ2v) is 5.31. The van der Waals surface area contributed by atoms with Gasteiger partial charge in [-0.1, -0.05) is 0 Å². The van der Waals surface area contributed by atoms with E-state index in [0.717, 1.165) is 25.3 Å². The molecule has 1 N–H and O–H groups in total. The first-order valence-corrected chi connectivity index (χ1v) is 6.76. The number of nitrogens with one attached hydrogen (secondary N) is 1. The molecule has 1 atom stereocenters. The van der Waals surface area contributed by atoms with Crippen LogP contribution in [-0.4, -0.2) is 13.2 Å². The topological polar surface area (TPSA) is 21.3 Å². The maximum atomic E-state index is 5.78. The lowest BCUT2D eigenvalue weighted by atomic mass is 9.88. The maximum absolute atomic E-state index is 5.78. The summed E-state index contributed by atoms with van der Waals surface area (Å²) >= 11 is 0. The Hall–Kier alpha value is -1.02. The predicted molar refractivity (Wildman–Crippen MR) is 69.7 cm³/mol. The second-order valence-electron chi connectivity index (χ2n) is 5.31. The zero-order valence-electron chi connectivity index (χ0n) is 10.8. The molecule has 3 rings (SSSR count). The number of aryl methyl sites for hydroxylation is 1. The van der Waals surface area contributed by atoms with E-state index in [1.54, 1.807) is 0 Å². The molecule has 2 nitrogen and oxygen atoms in total. The summed E-state index contributed by atoms with van der Waals surface area (Å²) in [7, 11) is 0. The van der Waals surface area contributed by atoms with Crippen LogP contribution in [0.5, 0.6) is 5.75 Å². The molecule has 1 saturated heterocycles. The van der Waals surface area contributed by atoms with Crippen LogP contribution >= 0.6 is 0 Å². The van der Waals surface area contributed by atoms with Gasteiger partial charge in [0, 0.05) is 6.04 Å². The van der Waals surface area contributed by atoms with Crippen LogP contribution in [0.2, 0.25) is 0 Å². The molecular formula is C15H21NO. The van der Waals surface area contributed by atoms with Gasteiger partial charge in [0.15, 0.2) is 0 Å². The van der Waals surface area contributed by atoms with Crippen molar-refractivity contribution in [2.24, 2.45) is 0 Å². The molecule has 0 spiro atoms. The lowest BCUT2D eigenvalue weighted by molar-refractivity contribution is 0.287. The van der Waals surface area contributed by atoms with Gasteiger partial charge in [-0.3, -0.25) is 0 Å². The monoisotopic (exact) mass is 231 g/mol. The fraction of sp³-hybridized carbons (Fsp3) is 0.600. The Morgan fingerprint density at radius 3 is 2.94 bits per heavy atom. The fourth-order valence-electron chi connectivity index (χ4n) is 3.34. The molecule has 1 aromatic rings. The first-order valence-electron chi connectivity index (χ1n) is 6.76. The van der Waals surface area contributed by atoms with Gasteiger partial charge in [-0.25, -0.2) is 0 Å². The molecule has 2 aliphatic heterocycles. The maximum Gasteiger partial charge on any atom is 0.123 e. The van der Waals surface area contributed by atoms with Crippen molar-refractivity contribution in [3.8, 4) is 5.75 Å². The molecule has 0 amide bonds. The summed E-state index contributed by atoms with van der Waals surface area (Å²) < 4.78 is 5.78. The van der Waals surface area contributed by atoms with Crippen LogP contribution < -0.4 is 10.1 Å². The van der Waals surface area contributed by atoms with Crippen molar-refractivity contribution in [1.82, 2.24) is 5.32 Å². The van der Waals surface area contributed by atoms with Crippen LogP contribution in [0.15, 0.2) is 6.07 Å². The zero-order chi connectivity index (χ0) is 11.8. The highest BCUT2D eigenvalue weighted by atomic mass is 16.5. The summed E-state index contributed by atoms with van der Waals surface area (Å²) in [4.78, 5) is 0. The molecular weight excluding hydrogens is 210 g/mol. The van der Waals surface area contributed by atoms with E-state index in [0.29, 0.717) is 6.04 Å². The van der Waals surface area contributed by atoms with Crippen molar-refractivity contribution >= 4 is 0 Å². The van der Waals surface area contributed by atoms with E-state index >= 15 is 0 Å². The molecule has 2 heterocycles.